The minimum Gasteiger partial charge on any atom is -0.497 e. The fraction of sp³-hybridized carbons (Fsp3) is 0.533. The second kappa shape index (κ2) is 29.0. The van der Waals surface area contributed by atoms with Gasteiger partial charge in [0.25, 0.3) is 5.95 Å². The fourth-order valence-corrected chi connectivity index (χ4v) is 11.8. The largest absolute Gasteiger partial charge is 0.497 e. The van der Waals surface area contributed by atoms with Gasteiger partial charge in [0.2, 0.25) is 0 Å². The Labute approximate surface area is 455 Å². The Bertz CT molecular complexity index is 2660. The van der Waals surface area contributed by atoms with Crippen molar-refractivity contribution in [3.63, 3.8) is 0 Å². The van der Waals surface area contributed by atoms with Crippen LogP contribution in [0.15, 0.2) is 88.8 Å². The second-order valence-electron chi connectivity index (χ2n) is 21.0. The zero-order valence-electron chi connectivity index (χ0n) is 47.4. The highest BCUT2D eigenvalue weighted by molar-refractivity contribution is 7.50. The van der Waals surface area contributed by atoms with E-state index >= 15 is 0 Å². The maximum atomic E-state index is 9.92. The number of methoxy groups -OCH3 is 2. The van der Waals surface area contributed by atoms with Crippen molar-refractivity contribution in [3.8, 4) is 29.4 Å². The van der Waals surface area contributed by atoms with Crippen molar-refractivity contribution in [1.29, 1.82) is 5.26 Å². The van der Waals surface area contributed by atoms with Crippen molar-refractivity contribution >= 4 is 43.8 Å². The normalized spacial score (nSPS) is 16.4. The number of hydrogen-bond donors (Lipinski definition) is 0. The van der Waals surface area contributed by atoms with Gasteiger partial charge in [-0.05, 0) is 83.9 Å². The number of benzene rings is 3. The number of fused-ring (bicyclic) bond motifs is 1. The molecule has 1 fully saturated rings. The molecule has 408 valence electrons. The first-order valence-electron chi connectivity index (χ1n) is 27.2. The predicted molar refractivity (Wildman–Crippen MR) is 308 cm³/mol. The molecule has 0 bridgehead atoms. The predicted octanol–water partition coefficient (Wildman–Crippen LogP) is 12.4. The molecule has 5 aromatic rings. The quantitative estimate of drug-likeness (QED) is 0.0148. The Morgan fingerprint density at radius 1 is 0.789 bits per heavy atom. The van der Waals surface area contributed by atoms with Crippen LogP contribution in [0, 0.1) is 46.8 Å². The van der Waals surface area contributed by atoms with E-state index in [0.717, 1.165) is 73.9 Å². The van der Waals surface area contributed by atoms with Crippen LogP contribution in [0.3, 0.4) is 0 Å². The SMILES string of the molecule is CC#Cc1nn(C2CC(OP(CCC#N)N(CC)CCC)C(COC(c3ccccc3)(c3ccc(OC)cc3)c3ccc(OC)cc3)O2)c2nc(/N=C/N(CC(C)C)CC(C)C)nc(/N=C/N(CC(C)C)CC(C)C)c12. The lowest BCUT2D eigenvalue weighted by Crippen LogP contribution is -2.38. The number of aromatic nitrogens is 4. The lowest BCUT2D eigenvalue weighted by molar-refractivity contribution is -0.0919. The van der Waals surface area contributed by atoms with E-state index < -0.39 is 32.3 Å². The van der Waals surface area contributed by atoms with E-state index in [0.29, 0.717) is 65.2 Å². The lowest BCUT2D eigenvalue weighted by Gasteiger charge is -2.38. The summed E-state index contributed by atoms with van der Waals surface area (Å²) in [7, 11) is 2.12. The third-order valence-corrected chi connectivity index (χ3v) is 15.0. The summed E-state index contributed by atoms with van der Waals surface area (Å²) in [4.78, 5) is 24.8. The van der Waals surface area contributed by atoms with E-state index in [2.05, 4.69) is 138 Å². The fourth-order valence-electron chi connectivity index (χ4n) is 9.69. The first-order valence-corrected chi connectivity index (χ1v) is 28.6. The van der Waals surface area contributed by atoms with Crippen molar-refractivity contribution in [3.05, 3.63) is 101 Å². The Balaban J connectivity index is 1.54. The van der Waals surface area contributed by atoms with Crippen molar-refractivity contribution in [2.45, 2.75) is 119 Å². The smallest absolute Gasteiger partial charge is 0.254 e. The number of rotatable bonds is 29. The van der Waals surface area contributed by atoms with Crippen LogP contribution in [0.2, 0.25) is 0 Å². The van der Waals surface area contributed by atoms with Gasteiger partial charge in [-0.2, -0.15) is 20.3 Å². The van der Waals surface area contributed by atoms with Crippen LogP contribution >= 0.6 is 8.30 Å². The second-order valence-corrected chi connectivity index (χ2v) is 23.0. The van der Waals surface area contributed by atoms with Gasteiger partial charge in [-0.1, -0.05) is 130 Å². The molecular weight excluding hydrogens is 972 g/mol. The summed E-state index contributed by atoms with van der Waals surface area (Å²) >= 11 is 0. The minimum absolute atomic E-state index is 0.111. The molecular formula is C60H83N10O5P. The van der Waals surface area contributed by atoms with Crippen molar-refractivity contribution in [2.75, 3.05) is 66.3 Å². The first-order chi connectivity index (χ1) is 36.7. The molecule has 3 heterocycles. The Kier molecular flexibility index (Phi) is 22.6. The van der Waals surface area contributed by atoms with Gasteiger partial charge < -0.3 is 33.3 Å². The zero-order valence-corrected chi connectivity index (χ0v) is 48.3. The molecule has 6 rings (SSSR count). The third kappa shape index (κ3) is 15.6. The number of nitriles is 1. The van der Waals surface area contributed by atoms with Gasteiger partial charge in [-0.25, -0.2) is 14.7 Å². The topological polar surface area (TPSA) is 148 Å². The summed E-state index contributed by atoms with van der Waals surface area (Å²) in [5.41, 5.74) is 2.58. The van der Waals surface area contributed by atoms with Crippen molar-refractivity contribution < 1.29 is 23.5 Å². The monoisotopic (exact) mass is 1050 g/mol. The molecule has 3 aromatic carbocycles. The molecule has 0 spiro atoms. The molecule has 0 N–H and O–H groups in total. The summed E-state index contributed by atoms with van der Waals surface area (Å²) < 4.78 is 37.7. The van der Waals surface area contributed by atoms with Crippen LogP contribution in [-0.4, -0.2) is 125 Å². The molecule has 1 aliphatic heterocycles. The summed E-state index contributed by atoms with van der Waals surface area (Å²) in [6.07, 6.45) is 4.26. The standard InChI is InChI=1S/C60H83N10O5P/c1-14-21-52-56-57(62-41-67(36-43(4)5)37-44(6)7)64-59(63-42-68(38-45(8)9)39-46(10)11)65-58(56)70(66-52)55-35-53(75-76(34-20-32-61)69(16-3)33-15-2)54(74-55)40-73-60(47-22-18-17-19-23-47,48-24-28-50(71-12)29-25-48)49-26-30-51(72-13)31-27-49/h17-19,22-31,41-46,53-55H,15-16,20,33-40H2,1-13H3/b62-41+,63-42+. The van der Waals surface area contributed by atoms with E-state index in [9.17, 15) is 5.26 Å². The maximum Gasteiger partial charge on any atom is 0.254 e. The van der Waals surface area contributed by atoms with Crippen LogP contribution in [-0.2, 0) is 19.6 Å². The average Bonchev–Trinajstić information content (AvgIpc) is 4.00. The van der Waals surface area contributed by atoms with Gasteiger partial charge in [0, 0.05) is 58.3 Å². The molecule has 1 saturated heterocycles. The number of hydrogen-bond acceptors (Lipinski definition) is 12. The molecule has 4 atom stereocenters. The molecule has 76 heavy (non-hydrogen) atoms. The van der Waals surface area contributed by atoms with Crippen molar-refractivity contribution in [2.24, 2.45) is 33.7 Å². The maximum absolute atomic E-state index is 9.92. The average molecular weight is 1060 g/mol. The highest BCUT2D eigenvalue weighted by Gasteiger charge is 2.45. The van der Waals surface area contributed by atoms with Gasteiger partial charge in [0.1, 0.15) is 42.6 Å². The van der Waals surface area contributed by atoms with Crippen LogP contribution in [0.25, 0.3) is 11.0 Å². The molecule has 0 aliphatic carbocycles. The first kappa shape index (κ1) is 59.3. The van der Waals surface area contributed by atoms with Crippen LogP contribution in [0.5, 0.6) is 11.5 Å². The number of aliphatic imine (C=N–C) groups is 2. The van der Waals surface area contributed by atoms with Gasteiger partial charge >= 0.3 is 0 Å². The molecule has 16 heteroatoms. The number of nitrogens with zero attached hydrogens (tertiary/aromatic N) is 10. The van der Waals surface area contributed by atoms with Crippen LogP contribution < -0.4 is 9.47 Å². The highest BCUT2D eigenvalue weighted by atomic mass is 31.2. The van der Waals surface area contributed by atoms with Crippen LogP contribution in [0.4, 0.5) is 11.8 Å². The van der Waals surface area contributed by atoms with E-state index in [-0.39, 0.29) is 12.6 Å². The Morgan fingerprint density at radius 2 is 1.34 bits per heavy atom. The van der Waals surface area contributed by atoms with Gasteiger partial charge in [-0.15, -0.1) is 0 Å². The minimum atomic E-state index is -1.22. The van der Waals surface area contributed by atoms with E-state index in [1.54, 1.807) is 21.1 Å². The lowest BCUT2D eigenvalue weighted by atomic mass is 9.80. The number of ether oxygens (including phenoxy) is 4. The van der Waals surface area contributed by atoms with Gasteiger partial charge in [-0.3, -0.25) is 4.67 Å². The zero-order chi connectivity index (χ0) is 54.8. The molecule has 2 aromatic heterocycles. The molecule has 0 radical (unpaired) electrons. The van der Waals surface area contributed by atoms with E-state index in [1.807, 2.05) is 59.8 Å². The summed E-state index contributed by atoms with van der Waals surface area (Å²) in [6, 6.07) is 28.7. The summed E-state index contributed by atoms with van der Waals surface area (Å²) in [6.45, 7) is 28.8. The Morgan fingerprint density at radius 3 is 1.84 bits per heavy atom. The van der Waals surface area contributed by atoms with E-state index in [1.165, 1.54) is 0 Å². The summed E-state index contributed by atoms with van der Waals surface area (Å²) in [5.74, 6) is 10.2. The molecule has 0 amide bonds. The Hall–Kier alpha value is -5.93. The summed E-state index contributed by atoms with van der Waals surface area (Å²) in [5, 5.41) is 15.7. The van der Waals surface area contributed by atoms with Gasteiger partial charge in [0.15, 0.2) is 17.7 Å². The van der Waals surface area contributed by atoms with E-state index in [4.69, 9.17) is 48.5 Å². The highest BCUT2D eigenvalue weighted by Crippen LogP contribution is 2.49. The van der Waals surface area contributed by atoms with Gasteiger partial charge in [0.05, 0.1) is 45.7 Å². The molecule has 4 unspecified atom stereocenters. The molecule has 1 aliphatic rings. The molecule has 15 nitrogen and oxygen atoms in total. The molecule has 0 saturated carbocycles. The third-order valence-electron chi connectivity index (χ3n) is 12.8. The van der Waals surface area contributed by atoms with Crippen molar-refractivity contribution in [1.82, 2.24) is 34.2 Å². The van der Waals surface area contributed by atoms with Crippen LogP contribution in [0.1, 0.15) is 124 Å².